The van der Waals surface area contributed by atoms with Gasteiger partial charge in [0.15, 0.2) is 0 Å². The fraction of sp³-hybridized carbons (Fsp3) is 0.100. The molecule has 0 fully saturated rings. The summed E-state index contributed by atoms with van der Waals surface area (Å²) in [5.41, 5.74) is 8.38. The summed E-state index contributed by atoms with van der Waals surface area (Å²) in [5.74, 6) is 0.360. The van der Waals surface area contributed by atoms with Gasteiger partial charge in [-0.15, -0.1) is 0 Å². The van der Waals surface area contributed by atoms with E-state index in [1.807, 2.05) is 62.4 Å². The summed E-state index contributed by atoms with van der Waals surface area (Å²) in [4.78, 5) is 22.3. The minimum absolute atomic E-state index is 0.146. The Labute approximate surface area is 204 Å². The van der Waals surface area contributed by atoms with Crippen molar-refractivity contribution in [1.82, 2.24) is 9.97 Å². The number of aryl methyl sites for hydroxylation is 3. The molecule has 5 aromatic rings. The third-order valence-electron chi connectivity index (χ3n) is 5.96. The van der Waals surface area contributed by atoms with Gasteiger partial charge in [-0.3, -0.25) is 4.79 Å². The molecule has 2 N–H and O–H groups in total. The molecule has 0 aliphatic rings. The maximum Gasteiger partial charge on any atom is 0.255 e. The number of nitrogens with one attached hydrogen (secondary N) is 2. The fourth-order valence-electron chi connectivity index (χ4n) is 4.05. The molecular formula is C30H26N4O. The Kier molecular flexibility index (Phi) is 5.98. The van der Waals surface area contributed by atoms with Gasteiger partial charge in [0.05, 0.1) is 11.2 Å². The van der Waals surface area contributed by atoms with Crippen LogP contribution in [0.4, 0.5) is 17.3 Å². The van der Waals surface area contributed by atoms with Crippen molar-refractivity contribution in [2.24, 2.45) is 0 Å². The maximum absolute atomic E-state index is 12.7. The van der Waals surface area contributed by atoms with Gasteiger partial charge in [0.2, 0.25) is 5.95 Å². The van der Waals surface area contributed by atoms with Crippen LogP contribution in [0.25, 0.3) is 22.2 Å². The first kappa shape index (κ1) is 22.3. The van der Waals surface area contributed by atoms with Crippen molar-refractivity contribution in [2.75, 3.05) is 10.6 Å². The van der Waals surface area contributed by atoms with Crippen LogP contribution in [0, 0.1) is 20.8 Å². The normalized spacial score (nSPS) is 10.8. The number of benzene rings is 4. The van der Waals surface area contributed by atoms with Crippen molar-refractivity contribution in [3.05, 3.63) is 113 Å². The van der Waals surface area contributed by atoms with E-state index in [1.165, 1.54) is 5.56 Å². The Morgan fingerprint density at radius 1 is 0.743 bits per heavy atom. The van der Waals surface area contributed by atoms with E-state index in [9.17, 15) is 4.79 Å². The zero-order valence-electron chi connectivity index (χ0n) is 20.0. The second-order valence-corrected chi connectivity index (χ2v) is 8.75. The van der Waals surface area contributed by atoms with Gasteiger partial charge in [-0.05, 0) is 62.7 Å². The summed E-state index contributed by atoms with van der Waals surface area (Å²) in [6.45, 7) is 6.10. The van der Waals surface area contributed by atoms with Crippen LogP contribution in [-0.2, 0) is 0 Å². The van der Waals surface area contributed by atoms with Crippen molar-refractivity contribution in [1.29, 1.82) is 0 Å². The average Bonchev–Trinajstić information content (AvgIpc) is 2.86. The number of para-hydroxylation sites is 1. The van der Waals surface area contributed by atoms with Gasteiger partial charge in [0.25, 0.3) is 5.91 Å². The van der Waals surface area contributed by atoms with Crippen LogP contribution in [0.15, 0.2) is 91.0 Å². The molecule has 1 heterocycles. The molecule has 4 aromatic carbocycles. The second-order valence-electron chi connectivity index (χ2n) is 8.75. The van der Waals surface area contributed by atoms with E-state index in [4.69, 9.17) is 9.97 Å². The van der Waals surface area contributed by atoms with E-state index in [0.29, 0.717) is 11.5 Å². The molecule has 5 rings (SSSR count). The lowest BCUT2D eigenvalue weighted by atomic mass is 10.1. The van der Waals surface area contributed by atoms with Gasteiger partial charge >= 0.3 is 0 Å². The fourth-order valence-corrected chi connectivity index (χ4v) is 4.05. The Hall–Kier alpha value is -4.51. The van der Waals surface area contributed by atoms with Crippen LogP contribution in [-0.4, -0.2) is 15.9 Å². The topological polar surface area (TPSA) is 66.9 Å². The third kappa shape index (κ3) is 4.89. The molecule has 0 spiro atoms. The molecule has 0 aliphatic carbocycles. The van der Waals surface area contributed by atoms with Gasteiger partial charge in [-0.2, -0.15) is 0 Å². The quantitative estimate of drug-likeness (QED) is 0.292. The Morgan fingerprint density at radius 2 is 1.46 bits per heavy atom. The van der Waals surface area contributed by atoms with Gasteiger partial charge in [0.1, 0.15) is 0 Å². The van der Waals surface area contributed by atoms with E-state index >= 15 is 0 Å². The average molecular weight is 459 g/mol. The van der Waals surface area contributed by atoms with E-state index in [1.54, 1.807) is 12.1 Å². The highest BCUT2D eigenvalue weighted by atomic mass is 16.1. The summed E-state index contributed by atoms with van der Waals surface area (Å²) < 4.78 is 0. The van der Waals surface area contributed by atoms with Crippen LogP contribution in [0.3, 0.4) is 0 Å². The summed E-state index contributed by atoms with van der Waals surface area (Å²) in [5, 5.41) is 7.28. The van der Waals surface area contributed by atoms with Gasteiger partial charge in [-0.1, -0.05) is 65.7 Å². The number of anilines is 3. The second kappa shape index (κ2) is 9.39. The zero-order chi connectivity index (χ0) is 24.4. The molecule has 35 heavy (non-hydrogen) atoms. The lowest BCUT2D eigenvalue weighted by Gasteiger charge is -2.12. The highest BCUT2D eigenvalue weighted by Crippen LogP contribution is 2.28. The minimum atomic E-state index is -0.146. The van der Waals surface area contributed by atoms with E-state index in [2.05, 4.69) is 47.9 Å². The number of fused-ring (bicyclic) bond motifs is 1. The van der Waals surface area contributed by atoms with Crippen molar-refractivity contribution in [3.8, 4) is 11.3 Å². The van der Waals surface area contributed by atoms with Crippen LogP contribution in [0.5, 0.6) is 0 Å². The molecule has 1 aromatic heterocycles. The molecule has 0 aliphatic heterocycles. The molecule has 0 saturated heterocycles. The van der Waals surface area contributed by atoms with E-state index < -0.39 is 0 Å². The summed E-state index contributed by atoms with van der Waals surface area (Å²) >= 11 is 0. The van der Waals surface area contributed by atoms with Gasteiger partial charge in [0, 0.05) is 27.9 Å². The first-order chi connectivity index (χ1) is 17.0. The molecule has 0 radical (unpaired) electrons. The number of carbonyl (C=O) groups is 1. The van der Waals surface area contributed by atoms with Crippen LogP contribution < -0.4 is 10.6 Å². The maximum atomic E-state index is 12.7. The lowest BCUT2D eigenvalue weighted by Crippen LogP contribution is -2.12. The molecular weight excluding hydrogens is 432 g/mol. The SMILES string of the molecule is Cc1ccc(-c2nc(Nc3ccc(C(=O)Nc4ccc(C)cc4C)cc3)nc3ccccc23)cc1. The largest absolute Gasteiger partial charge is 0.324 e. The van der Waals surface area contributed by atoms with Crippen molar-refractivity contribution in [3.63, 3.8) is 0 Å². The zero-order valence-corrected chi connectivity index (χ0v) is 20.0. The number of rotatable bonds is 5. The third-order valence-corrected chi connectivity index (χ3v) is 5.96. The number of nitrogens with zero attached hydrogens (tertiary/aromatic N) is 2. The highest BCUT2D eigenvalue weighted by molar-refractivity contribution is 6.04. The van der Waals surface area contributed by atoms with Crippen LogP contribution >= 0.6 is 0 Å². The molecule has 0 bridgehead atoms. The molecule has 5 heteroatoms. The smallest absolute Gasteiger partial charge is 0.255 e. The molecule has 172 valence electrons. The Bertz CT molecular complexity index is 1520. The predicted octanol–water partition coefficient (Wildman–Crippen LogP) is 7.22. The molecule has 1 amide bonds. The van der Waals surface area contributed by atoms with E-state index in [-0.39, 0.29) is 5.91 Å². The van der Waals surface area contributed by atoms with Crippen molar-refractivity contribution in [2.45, 2.75) is 20.8 Å². The van der Waals surface area contributed by atoms with Gasteiger partial charge in [-0.25, -0.2) is 9.97 Å². The summed E-state index contributed by atoms with van der Waals surface area (Å²) in [6.07, 6.45) is 0. The number of hydrogen-bond acceptors (Lipinski definition) is 4. The first-order valence-corrected chi connectivity index (χ1v) is 11.6. The van der Waals surface area contributed by atoms with Crippen molar-refractivity contribution >= 4 is 34.1 Å². The number of hydrogen-bond donors (Lipinski definition) is 2. The molecule has 0 atom stereocenters. The standard InChI is InChI=1S/C30H26N4O/c1-19-8-11-22(12-9-19)28-25-6-4-5-7-27(25)33-30(34-28)31-24-15-13-23(14-16-24)29(35)32-26-17-10-20(2)18-21(26)3/h4-18H,1-3H3,(H,32,35)(H,31,33,34). The minimum Gasteiger partial charge on any atom is -0.324 e. The summed E-state index contributed by atoms with van der Waals surface area (Å²) in [6, 6.07) is 29.6. The Balaban J connectivity index is 1.39. The number of amides is 1. The Morgan fingerprint density at radius 3 is 2.20 bits per heavy atom. The first-order valence-electron chi connectivity index (χ1n) is 11.6. The van der Waals surface area contributed by atoms with Crippen LogP contribution in [0.1, 0.15) is 27.0 Å². The highest BCUT2D eigenvalue weighted by Gasteiger charge is 2.11. The predicted molar refractivity (Wildman–Crippen MR) is 143 cm³/mol. The molecule has 0 saturated carbocycles. The summed E-state index contributed by atoms with van der Waals surface area (Å²) in [7, 11) is 0. The number of carbonyl (C=O) groups excluding carboxylic acids is 1. The molecule has 5 nitrogen and oxygen atoms in total. The monoisotopic (exact) mass is 458 g/mol. The van der Waals surface area contributed by atoms with E-state index in [0.717, 1.165) is 44.7 Å². The lowest BCUT2D eigenvalue weighted by molar-refractivity contribution is 0.102. The van der Waals surface area contributed by atoms with Crippen molar-refractivity contribution < 1.29 is 4.79 Å². The molecule has 0 unspecified atom stereocenters. The van der Waals surface area contributed by atoms with Crippen LogP contribution in [0.2, 0.25) is 0 Å². The number of aromatic nitrogens is 2. The van der Waals surface area contributed by atoms with Gasteiger partial charge < -0.3 is 10.6 Å².